The number of fused-ring (bicyclic) bond motifs is 1. The molecule has 3 nitrogen and oxygen atoms in total. The van der Waals surface area contributed by atoms with Gasteiger partial charge in [0.1, 0.15) is 11.3 Å². The molecule has 2 aromatic rings. The Morgan fingerprint density at radius 2 is 2.19 bits per heavy atom. The summed E-state index contributed by atoms with van der Waals surface area (Å²) in [6.45, 7) is 0. The summed E-state index contributed by atoms with van der Waals surface area (Å²) in [5.74, 6) is 7.37. The summed E-state index contributed by atoms with van der Waals surface area (Å²) >= 11 is 0. The maximum absolute atomic E-state index is 5.81. The van der Waals surface area contributed by atoms with Crippen LogP contribution in [0.1, 0.15) is 31.1 Å². The van der Waals surface area contributed by atoms with Crippen LogP contribution in [0, 0.1) is 5.92 Å². The molecular formula is C13H16N2O. The third-order valence-electron chi connectivity index (χ3n) is 3.26. The molecule has 1 aromatic heterocycles. The summed E-state index contributed by atoms with van der Waals surface area (Å²) in [5.41, 5.74) is 3.80. The first-order valence-electron chi connectivity index (χ1n) is 5.81. The van der Waals surface area contributed by atoms with Gasteiger partial charge in [0, 0.05) is 5.39 Å². The van der Waals surface area contributed by atoms with Crippen LogP contribution in [0.2, 0.25) is 0 Å². The van der Waals surface area contributed by atoms with Gasteiger partial charge in [0.25, 0.3) is 0 Å². The van der Waals surface area contributed by atoms with E-state index in [0.29, 0.717) is 0 Å². The van der Waals surface area contributed by atoms with Crippen molar-refractivity contribution in [1.29, 1.82) is 0 Å². The average molecular weight is 216 g/mol. The van der Waals surface area contributed by atoms with Crippen LogP contribution in [0.4, 0.5) is 0 Å². The highest BCUT2D eigenvalue weighted by Gasteiger charge is 2.27. The van der Waals surface area contributed by atoms with Gasteiger partial charge in [-0.25, -0.2) is 5.43 Å². The molecular weight excluding hydrogens is 200 g/mol. The van der Waals surface area contributed by atoms with Crippen LogP contribution in [0.15, 0.2) is 34.7 Å². The molecule has 0 spiro atoms. The van der Waals surface area contributed by atoms with E-state index in [1.807, 2.05) is 18.2 Å². The Balaban J connectivity index is 1.90. The fraction of sp³-hybridized carbons (Fsp3) is 0.385. The summed E-state index contributed by atoms with van der Waals surface area (Å²) in [7, 11) is 0. The van der Waals surface area contributed by atoms with E-state index in [-0.39, 0.29) is 6.04 Å². The largest absolute Gasteiger partial charge is 0.459 e. The van der Waals surface area contributed by atoms with Crippen LogP contribution in [0.25, 0.3) is 11.0 Å². The van der Waals surface area contributed by atoms with Crippen molar-refractivity contribution in [2.24, 2.45) is 11.8 Å². The first-order valence-corrected chi connectivity index (χ1v) is 5.81. The van der Waals surface area contributed by atoms with Gasteiger partial charge in [-0.2, -0.15) is 0 Å². The standard InChI is InChI=1S/C13H16N2O/c14-15-11(7-9-5-6-9)13-8-10-3-1-2-4-12(10)16-13/h1-4,8-9,11,15H,5-7,14H2. The number of furan rings is 1. The van der Waals surface area contributed by atoms with Gasteiger partial charge < -0.3 is 4.42 Å². The van der Waals surface area contributed by atoms with E-state index in [4.69, 9.17) is 10.3 Å². The number of nitrogens with two attached hydrogens (primary N) is 1. The zero-order chi connectivity index (χ0) is 11.0. The topological polar surface area (TPSA) is 51.2 Å². The minimum Gasteiger partial charge on any atom is -0.459 e. The Labute approximate surface area is 94.6 Å². The van der Waals surface area contributed by atoms with Crippen LogP contribution in [0.5, 0.6) is 0 Å². The highest BCUT2D eigenvalue weighted by Crippen LogP contribution is 2.38. The minimum absolute atomic E-state index is 0.153. The number of hydrazine groups is 1. The van der Waals surface area contributed by atoms with Crippen LogP contribution in [0.3, 0.4) is 0 Å². The van der Waals surface area contributed by atoms with Crippen molar-refractivity contribution in [2.75, 3.05) is 0 Å². The number of hydrogen-bond donors (Lipinski definition) is 2. The predicted molar refractivity (Wildman–Crippen MR) is 63.6 cm³/mol. The van der Waals surface area contributed by atoms with Crippen LogP contribution in [-0.4, -0.2) is 0 Å². The minimum atomic E-state index is 0.153. The Hall–Kier alpha value is -1.32. The Bertz CT molecular complexity index is 454. The van der Waals surface area contributed by atoms with E-state index < -0.39 is 0 Å². The molecule has 1 heterocycles. The molecule has 1 fully saturated rings. The maximum atomic E-state index is 5.81. The highest BCUT2D eigenvalue weighted by atomic mass is 16.3. The van der Waals surface area contributed by atoms with Gasteiger partial charge >= 0.3 is 0 Å². The van der Waals surface area contributed by atoms with Crippen molar-refractivity contribution in [3.05, 3.63) is 36.1 Å². The van der Waals surface area contributed by atoms with Gasteiger partial charge in [-0.3, -0.25) is 5.84 Å². The second kappa shape index (κ2) is 3.92. The zero-order valence-electron chi connectivity index (χ0n) is 9.15. The lowest BCUT2D eigenvalue weighted by molar-refractivity contribution is 0.402. The molecule has 0 bridgehead atoms. The number of rotatable bonds is 4. The molecule has 0 saturated heterocycles. The Morgan fingerprint density at radius 1 is 1.38 bits per heavy atom. The lowest BCUT2D eigenvalue weighted by Gasteiger charge is -2.11. The van der Waals surface area contributed by atoms with Gasteiger partial charge in [0.05, 0.1) is 6.04 Å². The van der Waals surface area contributed by atoms with Crippen molar-refractivity contribution >= 4 is 11.0 Å². The summed E-state index contributed by atoms with van der Waals surface area (Å²) in [4.78, 5) is 0. The smallest absolute Gasteiger partial charge is 0.134 e. The van der Waals surface area contributed by atoms with E-state index in [1.165, 1.54) is 12.8 Å². The number of para-hydroxylation sites is 1. The molecule has 16 heavy (non-hydrogen) atoms. The van der Waals surface area contributed by atoms with Crippen LogP contribution in [-0.2, 0) is 0 Å². The molecule has 1 aromatic carbocycles. The molecule has 3 rings (SSSR count). The average Bonchev–Trinajstić information content (AvgIpc) is 3.02. The maximum Gasteiger partial charge on any atom is 0.134 e. The lowest BCUT2D eigenvalue weighted by atomic mass is 10.1. The van der Waals surface area contributed by atoms with Gasteiger partial charge in [-0.05, 0) is 24.5 Å². The third-order valence-corrected chi connectivity index (χ3v) is 3.26. The van der Waals surface area contributed by atoms with Gasteiger partial charge in [-0.1, -0.05) is 31.0 Å². The van der Waals surface area contributed by atoms with E-state index in [1.54, 1.807) is 0 Å². The van der Waals surface area contributed by atoms with Crippen molar-refractivity contribution in [1.82, 2.24) is 5.43 Å². The summed E-state index contributed by atoms with van der Waals surface area (Å²) in [6.07, 6.45) is 3.74. The number of benzene rings is 1. The molecule has 1 aliphatic carbocycles. The molecule has 0 radical (unpaired) electrons. The number of hydrogen-bond acceptors (Lipinski definition) is 3. The second-order valence-corrected chi connectivity index (χ2v) is 4.58. The molecule has 0 amide bonds. The van der Waals surface area contributed by atoms with Gasteiger partial charge in [0.2, 0.25) is 0 Å². The fourth-order valence-electron chi connectivity index (χ4n) is 2.13. The van der Waals surface area contributed by atoms with Crippen molar-refractivity contribution in [3.63, 3.8) is 0 Å². The fourth-order valence-corrected chi connectivity index (χ4v) is 2.13. The number of nitrogens with one attached hydrogen (secondary N) is 1. The SMILES string of the molecule is NNC(CC1CC1)c1cc2ccccc2o1. The summed E-state index contributed by atoms with van der Waals surface area (Å²) in [5, 5.41) is 1.15. The molecule has 1 atom stereocenters. The lowest BCUT2D eigenvalue weighted by Crippen LogP contribution is -2.28. The molecule has 3 N–H and O–H groups in total. The second-order valence-electron chi connectivity index (χ2n) is 4.58. The van der Waals surface area contributed by atoms with Crippen molar-refractivity contribution in [2.45, 2.75) is 25.3 Å². The van der Waals surface area contributed by atoms with Gasteiger partial charge in [-0.15, -0.1) is 0 Å². The molecule has 84 valence electrons. The van der Waals surface area contributed by atoms with Crippen LogP contribution < -0.4 is 11.3 Å². The van der Waals surface area contributed by atoms with Crippen LogP contribution >= 0.6 is 0 Å². The normalized spacial score (nSPS) is 17.8. The van der Waals surface area contributed by atoms with E-state index in [2.05, 4.69) is 17.6 Å². The third kappa shape index (κ3) is 1.84. The Morgan fingerprint density at radius 3 is 2.88 bits per heavy atom. The van der Waals surface area contributed by atoms with E-state index in [0.717, 1.165) is 29.1 Å². The first kappa shape index (κ1) is 9.87. The first-order chi connectivity index (χ1) is 7.86. The molecule has 0 aliphatic heterocycles. The predicted octanol–water partition coefficient (Wildman–Crippen LogP) is 2.74. The van der Waals surface area contributed by atoms with E-state index in [9.17, 15) is 0 Å². The van der Waals surface area contributed by atoms with Gasteiger partial charge in [0.15, 0.2) is 0 Å². The molecule has 1 unspecified atom stereocenters. The summed E-state index contributed by atoms with van der Waals surface area (Å²) < 4.78 is 5.81. The monoisotopic (exact) mass is 216 g/mol. The molecule has 1 aliphatic rings. The molecule has 3 heteroatoms. The van der Waals surface area contributed by atoms with Crippen molar-refractivity contribution < 1.29 is 4.42 Å². The van der Waals surface area contributed by atoms with E-state index >= 15 is 0 Å². The van der Waals surface area contributed by atoms with Crippen molar-refractivity contribution in [3.8, 4) is 0 Å². The summed E-state index contributed by atoms with van der Waals surface area (Å²) in [6, 6.07) is 10.3. The zero-order valence-corrected chi connectivity index (χ0v) is 9.15. The Kier molecular flexibility index (Phi) is 2.42. The quantitative estimate of drug-likeness (QED) is 0.610. The molecule has 1 saturated carbocycles. The highest BCUT2D eigenvalue weighted by molar-refractivity contribution is 5.77.